The van der Waals surface area contributed by atoms with Gasteiger partial charge in [0.2, 0.25) is 17.3 Å². The fraction of sp³-hybridized carbons (Fsp3) is 0.188. The Kier molecular flexibility index (Phi) is 3.66. The highest BCUT2D eigenvalue weighted by Crippen LogP contribution is 2.40. The monoisotopic (exact) mass is 342 g/mol. The van der Waals surface area contributed by atoms with E-state index in [1.807, 2.05) is 30.5 Å². The first-order chi connectivity index (χ1) is 11.2. The molecule has 23 heavy (non-hydrogen) atoms. The molecule has 0 bridgehead atoms. The van der Waals surface area contributed by atoms with Crippen LogP contribution in [0.1, 0.15) is 16.0 Å². The molecule has 0 radical (unpaired) electrons. The molecule has 1 N–H and O–H groups in total. The number of rotatable bonds is 2. The molecule has 3 heterocycles. The Morgan fingerprint density at radius 3 is 2.83 bits per heavy atom. The van der Waals surface area contributed by atoms with E-state index in [1.54, 1.807) is 11.3 Å². The van der Waals surface area contributed by atoms with Gasteiger partial charge in [0.1, 0.15) is 0 Å². The van der Waals surface area contributed by atoms with Crippen LogP contribution in [0, 0.1) is 6.92 Å². The lowest BCUT2D eigenvalue weighted by atomic mass is 10.1. The van der Waals surface area contributed by atoms with Crippen LogP contribution in [0.2, 0.25) is 0 Å². The van der Waals surface area contributed by atoms with Crippen molar-refractivity contribution in [1.29, 1.82) is 0 Å². The second kappa shape index (κ2) is 5.82. The minimum atomic E-state index is -0.289. The third-order valence-electron chi connectivity index (χ3n) is 3.54. The van der Waals surface area contributed by atoms with Gasteiger partial charge in [-0.3, -0.25) is 0 Å². The van der Waals surface area contributed by atoms with Gasteiger partial charge < -0.3 is 10.1 Å². The summed E-state index contributed by atoms with van der Waals surface area (Å²) in [5.74, 6) is 0.512. The SMILES string of the molecule is CSc1nnc2c(n1)O[C@@H](c1ccc(C)s1)Nc1ccccc1-2. The third-order valence-corrected chi connectivity index (χ3v) is 5.12. The first-order valence-electron chi connectivity index (χ1n) is 7.12. The maximum absolute atomic E-state index is 6.15. The summed E-state index contributed by atoms with van der Waals surface area (Å²) in [7, 11) is 0. The first-order valence-corrected chi connectivity index (χ1v) is 9.16. The highest BCUT2D eigenvalue weighted by atomic mass is 32.2. The number of aryl methyl sites for hydroxylation is 1. The van der Waals surface area contributed by atoms with E-state index in [0.29, 0.717) is 16.7 Å². The standard InChI is InChI=1S/C16H14N4OS2/c1-9-7-8-12(23-9)14-17-11-6-4-3-5-10(11)13-15(21-14)18-16(22-2)20-19-13/h3-8,14,17H,1-2H3/t14-/m0/s1. The van der Waals surface area contributed by atoms with Crippen LogP contribution in [-0.4, -0.2) is 21.4 Å². The summed E-state index contributed by atoms with van der Waals surface area (Å²) in [6.07, 6.45) is 1.63. The summed E-state index contributed by atoms with van der Waals surface area (Å²) in [5, 5.41) is 12.5. The highest BCUT2D eigenvalue weighted by molar-refractivity contribution is 7.98. The van der Waals surface area contributed by atoms with Crippen LogP contribution in [0.25, 0.3) is 11.3 Å². The van der Waals surface area contributed by atoms with Gasteiger partial charge in [-0.1, -0.05) is 30.0 Å². The Labute approximate surface area is 142 Å². The second-order valence-corrected chi connectivity index (χ2v) is 7.18. The minimum absolute atomic E-state index is 0.289. The molecule has 3 aromatic rings. The van der Waals surface area contributed by atoms with Crippen LogP contribution >= 0.6 is 23.1 Å². The fourth-order valence-corrected chi connectivity index (χ4v) is 3.61. The van der Waals surface area contributed by atoms with Crippen molar-refractivity contribution < 1.29 is 4.74 Å². The molecule has 0 saturated heterocycles. The summed E-state index contributed by atoms with van der Waals surface area (Å²) in [6.45, 7) is 2.09. The zero-order chi connectivity index (χ0) is 15.8. The topological polar surface area (TPSA) is 59.9 Å². The normalized spacial score (nSPS) is 15.8. The van der Waals surface area contributed by atoms with Crippen LogP contribution in [0.4, 0.5) is 5.69 Å². The van der Waals surface area contributed by atoms with Crippen molar-refractivity contribution in [2.24, 2.45) is 0 Å². The van der Waals surface area contributed by atoms with Crippen molar-refractivity contribution in [2.75, 3.05) is 11.6 Å². The zero-order valence-corrected chi connectivity index (χ0v) is 14.2. The van der Waals surface area contributed by atoms with Gasteiger partial charge in [0.15, 0.2) is 5.69 Å². The van der Waals surface area contributed by atoms with Gasteiger partial charge in [0.25, 0.3) is 0 Å². The highest BCUT2D eigenvalue weighted by Gasteiger charge is 2.26. The Balaban J connectivity index is 1.87. The molecule has 2 aromatic heterocycles. The molecule has 0 aliphatic carbocycles. The van der Waals surface area contributed by atoms with E-state index in [-0.39, 0.29) is 6.23 Å². The quantitative estimate of drug-likeness (QED) is 0.707. The molecular weight excluding hydrogens is 328 g/mol. The molecule has 0 spiro atoms. The lowest BCUT2D eigenvalue weighted by Crippen LogP contribution is -2.15. The average molecular weight is 342 g/mol. The number of thioether (sulfide) groups is 1. The Hall–Kier alpha value is -2.12. The molecule has 116 valence electrons. The molecule has 0 fully saturated rings. The number of thiophene rings is 1. The van der Waals surface area contributed by atoms with Gasteiger partial charge >= 0.3 is 0 Å². The van der Waals surface area contributed by atoms with Crippen molar-refractivity contribution in [3.8, 4) is 17.1 Å². The summed E-state index contributed by atoms with van der Waals surface area (Å²) < 4.78 is 6.15. The number of ether oxygens (including phenoxy) is 1. The smallest absolute Gasteiger partial charge is 0.247 e. The number of hydrogen-bond acceptors (Lipinski definition) is 7. The van der Waals surface area contributed by atoms with Gasteiger partial charge in [-0.05, 0) is 31.4 Å². The number of nitrogens with zero attached hydrogens (tertiary/aromatic N) is 3. The third kappa shape index (κ3) is 2.66. The van der Waals surface area contributed by atoms with Gasteiger partial charge in [-0.2, -0.15) is 4.98 Å². The fourth-order valence-electron chi connectivity index (χ4n) is 2.46. The molecule has 1 aliphatic rings. The summed E-state index contributed by atoms with van der Waals surface area (Å²) in [4.78, 5) is 6.86. The molecule has 0 unspecified atom stereocenters. The van der Waals surface area contributed by atoms with E-state index in [0.717, 1.165) is 16.1 Å². The summed E-state index contributed by atoms with van der Waals surface area (Å²) in [6, 6.07) is 12.2. The van der Waals surface area contributed by atoms with Gasteiger partial charge in [-0.15, -0.1) is 21.5 Å². The predicted octanol–water partition coefficient (Wildman–Crippen LogP) is 4.13. The van der Waals surface area contributed by atoms with E-state index in [4.69, 9.17) is 4.74 Å². The molecule has 7 heteroatoms. The van der Waals surface area contributed by atoms with Crippen molar-refractivity contribution in [1.82, 2.24) is 15.2 Å². The summed E-state index contributed by atoms with van der Waals surface area (Å²) in [5.41, 5.74) is 2.59. The van der Waals surface area contributed by atoms with E-state index < -0.39 is 0 Å². The maximum atomic E-state index is 6.15. The molecule has 4 rings (SSSR count). The van der Waals surface area contributed by atoms with Crippen molar-refractivity contribution in [2.45, 2.75) is 18.3 Å². The Morgan fingerprint density at radius 2 is 2.04 bits per heavy atom. The predicted molar refractivity (Wildman–Crippen MR) is 93.1 cm³/mol. The molecule has 0 saturated carbocycles. The van der Waals surface area contributed by atoms with Gasteiger partial charge in [0, 0.05) is 16.1 Å². The number of aromatic nitrogens is 3. The average Bonchev–Trinajstić information content (AvgIpc) is 2.93. The molecule has 0 amide bonds. The first kappa shape index (κ1) is 14.5. The van der Waals surface area contributed by atoms with Crippen LogP contribution in [0.5, 0.6) is 5.88 Å². The lowest BCUT2D eigenvalue weighted by molar-refractivity contribution is 0.229. The number of anilines is 1. The van der Waals surface area contributed by atoms with Gasteiger partial charge in [0.05, 0.1) is 4.88 Å². The van der Waals surface area contributed by atoms with E-state index in [2.05, 4.69) is 39.6 Å². The molecule has 1 atom stereocenters. The van der Waals surface area contributed by atoms with Gasteiger partial charge in [-0.25, -0.2) is 0 Å². The Bertz CT molecular complexity index is 865. The van der Waals surface area contributed by atoms with Crippen LogP contribution in [0.3, 0.4) is 0 Å². The van der Waals surface area contributed by atoms with E-state index in [1.165, 1.54) is 16.6 Å². The summed E-state index contributed by atoms with van der Waals surface area (Å²) >= 11 is 3.15. The van der Waals surface area contributed by atoms with Crippen molar-refractivity contribution in [3.05, 3.63) is 46.2 Å². The number of fused-ring (bicyclic) bond motifs is 3. The van der Waals surface area contributed by atoms with Crippen LogP contribution in [-0.2, 0) is 0 Å². The van der Waals surface area contributed by atoms with Crippen LogP contribution in [0.15, 0.2) is 41.6 Å². The number of nitrogens with one attached hydrogen (secondary N) is 1. The minimum Gasteiger partial charge on any atom is -0.447 e. The molecule has 1 aliphatic heterocycles. The Morgan fingerprint density at radius 1 is 1.17 bits per heavy atom. The van der Waals surface area contributed by atoms with Crippen molar-refractivity contribution in [3.63, 3.8) is 0 Å². The maximum Gasteiger partial charge on any atom is 0.247 e. The number of para-hydroxylation sites is 1. The second-order valence-electron chi connectivity index (χ2n) is 5.09. The lowest BCUT2D eigenvalue weighted by Gasteiger charge is -2.17. The number of hydrogen-bond donors (Lipinski definition) is 1. The van der Waals surface area contributed by atoms with E-state index >= 15 is 0 Å². The van der Waals surface area contributed by atoms with E-state index in [9.17, 15) is 0 Å². The zero-order valence-electron chi connectivity index (χ0n) is 12.6. The molecule has 5 nitrogen and oxygen atoms in total. The number of benzene rings is 1. The molecular formula is C16H14N4OS2. The van der Waals surface area contributed by atoms with Crippen molar-refractivity contribution >= 4 is 28.8 Å². The molecule has 1 aromatic carbocycles. The van der Waals surface area contributed by atoms with Crippen LogP contribution < -0.4 is 10.1 Å². The largest absolute Gasteiger partial charge is 0.447 e.